The lowest BCUT2D eigenvalue weighted by molar-refractivity contribution is 0.0948. The van der Waals surface area contributed by atoms with Crippen LogP contribution in [0.4, 0.5) is 5.82 Å². The number of aromatic amines is 1. The van der Waals surface area contributed by atoms with Crippen molar-refractivity contribution in [2.24, 2.45) is 0 Å². The lowest BCUT2D eigenvalue weighted by atomic mass is 10.1. The first-order valence-electron chi connectivity index (χ1n) is 6.16. The molecule has 7 heteroatoms. The van der Waals surface area contributed by atoms with Crippen molar-refractivity contribution in [1.82, 2.24) is 20.5 Å². The molecule has 0 aliphatic heterocycles. The zero-order chi connectivity index (χ0) is 13.7. The van der Waals surface area contributed by atoms with Gasteiger partial charge in [0.2, 0.25) is 0 Å². The van der Waals surface area contributed by atoms with Crippen molar-refractivity contribution >= 4 is 24.1 Å². The Morgan fingerprint density at radius 3 is 2.90 bits per heavy atom. The highest BCUT2D eigenvalue weighted by atomic mass is 35.5. The molecule has 20 heavy (non-hydrogen) atoms. The second-order valence-electron chi connectivity index (χ2n) is 4.33. The molecule has 2 aromatic rings. The lowest BCUT2D eigenvalue weighted by Gasteiger charge is -2.05. The summed E-state index contributed by atoms with van der Waals surface area (Å²) in [5, 5.41) is 9.67. The van der Waals surface area contributed by atoms with Crippen molar-refractivity contribution < 1.29 is 4.79 Å². The second-order valence-corrected chi connectivity index (χ2v) is 4.33. The van der Waals surface area contributed by atoms with Gasteiger partial charge in [-0.15, -0.1) is 12.4 Å². The number of rotatable bonds is 5. The van der Waals surface area contributed by atoms with Crippen LogP contribution in [0.15, 0.2) is 24.4 Å². The number of hydrogen-bond acceptors (Lipinski definition) is 4. The van der Waals surface area contributed by atoms with Crippen LogP contribution >= 0.6 is 12.4 Å². The van der Waals surface area contributed by atoms with Crippen LogP contribution in [0, 0.1) is 6.92 Å². The molecule has 0 fully saturated rings. The third-order valence-electron chi connectivity index (χ3n) is 2.85. The summed E-state index contributed by atoms with van der Waals surface area (Å²) in [4.78, 5) is 15.7. The molecule has 0 spiro atoms. The van der Waals surface area contributed by atoms with Crippen LogP contribution in [-0.4, -0.2) is 27.6 Å². The SMILES string of the molecule is Cc1[nH]ncc1CCCNC(=O)c1cccc(N)n1.Cl. The van der Waals surface area contributed by atoms with Crippen molar-refractivity contribution in [1.29, 1.82) is 0 Å². The molecule has 0 aliphatic carbocycles. The van der Waals surface area contributed by atoms with E-state index in [0.29, 0.717) is 18.1 Å². The van der Waals surface area contributed by atoms with E-state index in [9.17, 15) is 4.79 Å². The molecule has 108 valence electrons. The Kier molecular flexibility index (Phi) is 5.99. The fraction of sp³-hybridized carbons (Fsp3) is 0.308. The van der Waals surface area contributed by atoms with Gasteiger partial charge < -0.3 is 11.1 Å². The largest absolute Gasteiger partial charge is 0.384 e. The van der Waals surface area contributed by atoms with Gasteiger partial charge in [-0.25, -0.2) is 4.98 Å². The zero-order valence-electron chi connectivity index (χ0n) is 11.2. The minimum Gasteiger partial charge on any atom is -0.384 e. The number of carbonyl (C=O) groups is 1. The van der Waals surface area contributed by atoms with E-state index in [-0.39, 0.29) is 18.3 Å². The first-order valence-corrected chi connectivity index (χ1v) is 6.16. The Hall–Kier alpha value is -2.08. The molecule has 4 N–H and O–H groups in total. The molecule has 2 rings (SSSR count). The smallest absolute Gasteiger partial charge is 0.269 e. The minimum atomic E-state index is -0.198. The summed E-state index contributed by atoms with van der Waals surface area (Å²) in [5.41, 5.74) is 8.13. The summed E-state index contributed by atoms with van der Waals surface area (Å²) >= 11 is 0. The summed E-state index contributed by atoms with van der Waals surface area (Å²) in [6, 6.07) is 5.01. The number of nitrogen functional groups attached to an aromatic ring is 1. The monoisotopic (exact) mass is 295 g/mol. The molecule has 0 bridgehead atoms. The highest BCUT2D eigenvalue weighted by molar-refractivity contribution is 5.92. The van der Waals surface area contributed by atoms with Gasteiger partial charge in [0.15, 0.2) is 0 Å². The van der Waals surface area contributed by atoms with Gasteiger partial charge in [-0.3, -0.25) is 9.89 Å². The maximum Gasteiger partial charge on any atom is 0.269 e. The van der Waals surface area contributed by atoms with Crippen LogP contribution in [0.2, 0.25) is 0 Å². The van der Waals surface area contributed by atoms with Gasteiger partial charge >= 0.3 is 0 Å². The number of amides is 1. The summed E-state index contributed by atoms with van der Waals surface area (Å²) < 4.78 is 0. The van der Waals surface area contributed by atoms with Crippen LogP contribution in [-0.2, 0) is 6.42 Å². The molecule has 0 aliphatic rings. The van der Waals surface area contributed by atoms with E-state index >= 15 is 0 Å². The number of nitrogens with zero attached hydrogens (tertiary/aromatic N) is 2. The molecule has 6 nitrogen and oxygen atoms in total. The molecule has 0 unspecified atom stereocenters. The molecule has 0 saturated heterocycles. The number of anilines is 1. The first kappa shape index (κ1) is 16.0. The van der Waals surface area contributed by atoms with Crippen LogP contribution in [0.25, 0.3) is 0 Å². The quantitative estimate of drug-likeness (QED) is 0.728. The number of nitrogens with one attached hydrogen (secondary N) is 2. The molecule has 1 amide bonds. The molecular weight excluding hydrogens is 278 g/mol. The van der Waals surface area contributed by atoms with E-state index in [4.69, 9.17) is 5.73 Å². The predicted octanol–water partition coefficient (Wildman–Crippen LogP) is 1.48. The van der Waals surface area contributed by atoms with E-state index in [0.717, 1.165) is 18.5 Å². The number of halogens is 1. The van der Waals surface area contributed by atoms with Gasteiger partial charge in [-0.2, -0.15) is 5.10 Å². The highest BCUT2D eigenvalue weighted by Gasteiger charge is 2.06. The van der Waals surface area contributed by atoms with E-state index in [2.05, 4.69) is 20.5 Å². The molecule has 2 heterocycles. The van der Waals surface area contributed by atoms with Gasteiger partial charge in [0.25, 0.3) is 5.91 Å². The molecule has 0 saturated carbocycles. The minimum absolute atomic E-state index is 0. The standard InChI is InChI=1S/C13H17N5O.ClH/c1-9-10(8-16-18-9)4-3-7-15-13(19)11-5-2-6-12(14)17-11;/h2,5-6,8H,3-4,7H2,1H3,(H2,14,17)(H,15,19)(H,16,18);1H. The molecule has 2 aromatic heterocycles. The Bertz CT molecular complexity index is 569. The van der Waals surface area contributed by atoms with E-state index < -0.39 is 0 Å². The molecule has 0 atom stereocenters. The van der Waals surface area contributed by atoms with Gasteiger partial charge in [-0.05, 0) is 37.5 Å². The van der Waals surface area contributed by atoms with Gasteiger partial charge in [0.05, 0.1) is 6.20 Å². The number of hydrogen-bond donors (Lipinski definition) is 3. The Balaban J connectivity index is 0.00000200. The van der Waals surface area contributed by atoms with Gasteiger partial charge in [0.1, 0.15) is 11.5 Å². The number of H-pyrrole nitrogens is 1. The van der Waals surface area contributed by atoms with E-state index in [1.165, 1.54) is 5.56 Å². The lowest BCUT2D eigenvalue weighted by Crippen LogP contribution is -2.25. The Labute approximate surface area is 123 Å². The van der Waals surface area contributed by atoms with Crippen LogP contribution in [0.1, 0.15) is 28.2 Å². The number of nitrogens with two attached hydrogens (primary N) is 1. The van der Waals surface area contributed by atoms with Crippen LogP contribution in [0.5, 0.6) is 0 Å². The maximum absolute atomic E-state index is 11.8. The van der Waals surface area contributed by atoms with Crippen molar-refractivity contribution in [2.45, 2.75) is 19.8 Å². The summed E-state index contributed by atoms with van der Waals surface area (Å²) in [7, 11) is 0. The molecular formula is C13H18ClN5O. The fourth-order valence-corrected chi connectivity index (χ4v) is 1.78. The molecule has 0 radical (unpaired) electrons. The topological polar surface area (TPSA) is 96.7 Å². The van der Waals surface area contributed by atoms with Gasteiger partial charge in [0, 0.05) is 12.2 Å². The van der Waals surface area contributed by atoms with Crippen LogP contribution < -0.4 is 11.1 Å². The zero-order valence-corrected chi connectivity index (χ0v) is 12.0. The maximum atomic E-state index is 11.8. The van der Waals surface area contributed by atoms with Gasteiger partial charge in [-0.1, -0.05) is 6.07 Å². The number of pyridine rings is 1. The second kappa shape index (κ2) is 7.49. The van der Waals surface area contributed by atoms with E-state index in [1.807, 2.05) is 13.1 Å². The Morgan fingerprint density at radius 2 is 2.25 bits per heavy atom. The summed E-state index contributed by atoms with van der Waals surface area (Å²) in [5.74, 6) is 0.151. The van der Waals surface area contributed by atoms with Crippen LogP contribution in [0.3, 0.4) is 0 Å². The number of aromatic nitrogens is 3. The average Bonchev–Trinajstić information content (AvgIpc) is 2.80. The normalized spacial score (nSPS) is 9.85. The van der Waals surface area contributed by atoms with Crippen molar-refractivity contribution in [3.63, 3.8) is 0 Å². The third-order valence-corrected chi connectivity index (χ3v) is 2.85. The Morgan fingerprint density at radius 1 is 1.45 bits per heavy atom. The van der Waals surface area contributed by atoms with Crippen molar-refractivity contribution in [3.05, 3.63) is 41.3 Å². The number of carbonyl (C=O) groups excluding carboxylic acids is 1. The van der Waals surface area contributed by atoms with Crippen molar-refractivity contribution in [3.8, 4) is 0 Å². The molecule has 0 aromatic carbocycles. The highest BCUT2D eigenvalue weighted by Crippen LogP contribution is 2.05. The predicted molar refractivity (Wildman–Crippen MR) is 79.9 cm³/mol. The first-order chi connectivity index (χ1) is 9.16. The summed E-state index contributed by atoms with van der Waals surface area (Å²) in [6.45, 7) is 2.58. The average molecular weight is 296 g/mol. The van der Waals surface area contributed by atoms with E-state index in [1.54, 1.807) is 18.2 Å². The fourth-order valence-electron chi connectivity index (χ4n) is 1.78. The third kappa shape index (κ3) is 4.24. The summed E-state index contributed by atoms with van der Waals surface area (Å²) in [6.07, 6.45) is 3.55. The van der Waals surface area contributed by atoms with Crippen molar-refractivity contribution in [2.75, 3.05) is 12.3 Å². The number of aryl methyl sites for hydroxylation is 2.